The van der Waals surface area contributed by atoms with Crippen LogP contribution >= 0.6 is 0 Å². The van der Waals surface area contributed by atoms with Crippen LogP contribution < -0.4 is 4.74 Å². The second-order valence-electron chi connectivity index (χ2n) is 14.4. The third-order valence-corrected chi connectivity index (χ3v) is 11.4. The number of para-hydroxylation sites is 2. The molecule has 1 spiro atoms. The van der Waals surface area contributed by atoms with E-state index in [0.29, 0.717) is 11.4 Å². The van der Waals surface area contributed by atoms with Crippen molar-refractivity contribution in [2.75, 3.05) is 0 Å². The van der Waals surface area contributed by atoms with Gasteiger partial charge in [0.1, 0.15) is 11.5 Å². The van der Waals surface area contributed by atoms with E-state index in [1.165, 1.54) is 27.6 Å². The summed E-state index contributed by atoms with van der Waals surface area (Å²) < 4.78 is 6.66. The van der Waals surface area contributed by atoms with Gasteiger partial charge in [0.2, 0.25) is 0 Å². The van der Waals surface area contributed by atoms with Crippen LogP contribution in [0.15, 0.2) is 188 Å². The Morgan fingerprint density at radius 3 is 1.79 bits per heavy atom. The first-order valence-corrected chi connectivity index (χ1v) is 18.8. The zero-order chi connectivity index (χ0) is 37.2. The number of nitrogens with zero attached hydrogens (tertiary/aromatic N) is 3. The molecule has 0 unspecified atom stereocenters. The van der Waals surface area contributed by atoms with Crippen molar-refractivity contribution in [2.24, 2.45) is 0 Å². The van der Waals surface area contributed by atoms with Gasteiger partial charge in [-0.15, -0.1) is 0 Å². The van der Waals surface area contributed by atoms with E-state index >= 15 is 0 Å². The van der Waals surface area contributed by atoms with Gasteiger partial charge >= 0.3 is 0 Å². The molecule has 0 fully saturated rings. The third-order valence-electron chi connectivity index (χ3n) is 11.4. The Bertz CT molecular complexity index is 3040. The molecule has 4 nitrogen and oxygen atoms in total. The molecule has 4 heteroatoms. The van der Waals surface area contributed by atoms with Gasteiger partial charge in [0, 0.05) is 27.8 Å². The Labute approximate surface area is 324 Å². The van der Waals surface area contributed by atoms with Crippen molar-refractivity contribution in [1.82, 2.24) is 9.97 Å². The summed E-state index contributed by atoms with van der Waals surface area (Å²) in [4.78, 5) is 10.5. The van der Waals surface area contributed by atoms with Gasteiger partial charge in [0.25, 0.3) is 0 Å². The summed E-state index contributed by atoms with van der Waals surface area (Å²) in [5.74, 6) is 2.34. The number of nitriles is 1. The maximum Gasteiger partial charge on any atom is 0.160 e. The molecule has 2 aliphatic rings. The van der Waals surface area contributed by atoms with Crippen molar-refractivity contribution < 1.29 is 4.74 Å². The first-order valence-electron chi connectivity index (χ1n) is 18.8. The lowest BCUT2D eigenvalue weighted by Crippen LogP contribution is -2.32. The van der Waals surface area contributed by atoms with Crippen LogP contribution in [0.4, 0.5) is 0 Å². The summed E-state index contributed by atoms with van der Waals surface area (Å²) >= 11 is 0. The Balaban J connectivity index is 1.19. The average Bonchev–Trinajstić information content (AvgIpc) is 3.55. The molecule has 9 aromatic rings. The van der Waals surface area contributed by atoms with E-state index in [2.05, 4.69) is 146 Å². The molecule has 0 atom stereocenters. The normalized spacial score (nSPS) is 12.9. The maximum absolute atomic E-state index is 9.76. The van der Waals surface area contributed by atoms with Crippen molar-refractivity contribution in [3.05, 3.63) is 216 Å². The molecule has 0 N–H and O–H groups in total. The Morgan fingerprint density at radius 1 is 0.429 bits per heavy atom. The lowest BCUT2D eigenvalue weighted by molar-refractivity contribution is 0.436. The van der Waals surface area contributed by atoms with E-state index in [-0.39, 0.29) is 0 Å². The van der Waals surface area contributed by atoms with Gasteiger partial charge in [-0.1, -0.05) is 146 Å². The maximum atomic E-state index is 9.76. The van der Waals surface area contributed by atoms with Gasteiger partial charge in [-0.3, -0.25) is 0 Å². The van der Waals surface area contributed by atoms with Crippen LogP contribution in [0.2, 0.25) is 0 Å². The number of hydrogen-bond acceptors (Lipinski definition) is 4. The Morgan fingerprint density at radius 2 is 1.02 bits per heavy atom. The van der Waals surface area contributed by atoms with Crippen molar-refractivity contribution in [3.63, 3.8) is 0 Å². The zero-order valence-electron chi connectivity index (χ0n) is 30.1. The molecule has 2 heterocycles. The number of fused-ring (bicyclic) bond motifs is 10. The van der Waals surface area contributed by atoms with E-state index in [0.717, 1.165) is 67.2 Å². The van der Waals surface area contributed by atoms with Gasteiger partial charge in [-0.05, 0) is 86.6 Å². The average molecular weight is 714 g/mol. The van der Waals surface area contributed by atoms with Crippen molar-refractivity contribution >= 4 is 10.8 Å². The highest BCUT2D eigenvalue weighted by Crippen LogP contribution is 2.62. The number of ether oxygens (including phenoxy) is 1. The van der Waals surface area contributed by atoms with Gasteiger partial charge < -0.3 is 4.74 Å². The predicted octanol–water partition coefficient (Wildman–Crippen LogP) is 12.6. The number of rotatable bonds is 4. The van der Waals surface area contributed by atoms with Crippen LogP contribution in [0.25, 0.3) is 66.9 Å². The zero-order valence-corrected chi connectivity index (χ0v) is 30.1. The van der Waals surface area contributed by atoms with E-state index in [4.69, 9.17) is 14.7 Å². The molecule has 8 aromatic carbocycles. The van der Waals surface area contributed by atoms with Crippen molar-refractivity contribution in [2.45, 2.75) is 5.41 Å². The Kier molecular flexibility index (Phi) is 7.10. The molecular weight excluding hydrogens is 683 g/mol. The second-order valence-corrected chi connectivity index (χ2v) is 14.4. The highest BCUT2D eigenvalue weighted by atomic mass is 16.5. The smallest absolute Gasteiger partial charge is 0.160 e. The summed E-state index contributed by atoms with van der Waals surface area (Å²) in [6.07, 6.45) is 0. The Hall–Kier alpha value is -7.61. The van der Waals surface area contributed by atoms with Crippen LogP contribution in [-0.2, 0) is 5.41 Å². The predicted molar refractivity (Wildman–Crippen MR) is 223 cm³/mol. The fraction of sp³-hybridized carbons (Fsp3) is 0.0192. The molecule has 0 saturated heterocycles. The minimum atomic E-state index is -0.692. The summed E-state index contributed by atoms with van der Waals surface area (Å²) in [7, 11) is 0. The fourth-order valence-electron chi connectivity index (χ4n) is 8.90. The van der Waals surface area contributed by atoms with Crippen LogP contribution in [-0.4, -0.2) is 9.97 Å². The summed E-state index contributed by atoms with van der Waals surface area (Å²) in [6, 6.07) is 67.8. The molecule has 1 aliphatic heterocycles. The largest absolute Gasteiger partial charge is 0.457 e. The van der Waals surface area contributed by atoms with Gasteiger partial charge in [-0.25, -0.2) is 9.97 Å². The van der Waals surface area contributed by atoms with Gasteiger partial charge in [0.15, 0.2) is 5.82 Å². The minimum absolute atomic E-state index is 0.634. The summed E-state index contributed by atoms with van der Waals surface area (Å²) in [6.45, 7) is 0. The van der Waals surface area contributed by atoms with Gasteiger partial charge in [0.05, 0.1) is 28.4 Å². The van der Waals surface area contributed by atoms with E-state index in [9.17, 15) is 5.26 Å². The molecule has 0 saturated carbocycles. The molecule has 0 bridgehead atoms. The molecule has 11 rings (SSSR count). The lowest BCUT2D eigenvalue weighted by Gasteiger charge is -2.39. The standard InChI is InChI=1S/C52H31N3O/c53-32-33-12-10-17-36(28-33)37-24-26-40-41-27-25-38(30-46(41)52(45(40)29-37)43-20-6-8-22-49(43)56-50-23-9-7-21-44(50)52)47-31-48(55-51(54-47)35-14-2-1-3-15-35)42-19-11-16-34-13-4-5-18-39(34)42/h1-31H. The second kappa shape index (κ2) is 12.5. The SMILES string of the molecule is N#Cc1cccc(-c2ccc3c(c2)C2(c4ccccc4Oc4ccccc42)c2cc(-c4cc(-c5cccc6ccccc56)nc(-c5ccccc5)n4)ccc2-3)c1. The van der Waals surface area contributed by atoms with Crippen molar-refractivity contribution in [3.8, 4) is 73.7 Å². The summed E-state index contributed by atoms with van der Waals surface area (Å²) in [5, 5.41) is 12.1. The van der Waals surface area contributed by atoms with Crippen LogP contribution in [0.5, 0.6) is 11.5 Å². The minimum Gasteiger partial charge on any atom is -0.457 e. The fourth-order valence-corrected chi connectivity index (χ4v) is 8.90. The lowest BCUT2D eigenvalue weighted by atomic mass is 9.65. The number of benzene rings is 8. The van der Waals surface area contributed by atoms with Crippen LogP contribution in [0, 0.1) is 11.3 Å². The topological polar surface area (TPSA) is 58.8 Å². The molecule has 56 heavy (non-hydrogen) atoms. The first kappa shape index (κ1) is 31.9. The van der Waals surface area contributed by atoms with Gasteiger partial charge in [-0.2, -0.15) is 5.26 Å². The monoisotopic (exact) mass is 713 g/mol. The molecule has 260 valence electrons. The quantitative estimate of drug-likeness (QED) is 0.182. The molecular formula is C52H31N3O. The molecule has 1 aliphatic carbocycles. The number of hydrogen-bond donors (Lipinski definition) is 0. The summed E-state index contributed by atoms with van der Waals surface area (Å²) in [5.41, 5.74) is 13.6. The first-order chi connectivity index (χ1) is 27.7. The molecule has 0 amide bonds. The van der Waals surface area contributed by atoms with E-state index in [1.807, 2.05) is 48.5 Å². The highest BCUT2D eigenvalue weighted by Gasteiger charge is 2.51. The number of aromatic nitrogens is 2. The third kappa shape index (κ3) is 4.78. The molecule has 0 radical (unpaired) electrons. The van der Waals surface area contributed by atoms with E-state index in [1.54, 1.807) is 0 Å². The highest BCUT2D eigenvalue weighted by molar-refractivity contribution is 5.97. The van der Waals surface area contributed by atoms with Crippen molar-refractivity contribution in [1.29, 1.82) is 5.26 Å². The van der Waals surface area contributed by atoms with Crippen LogP contribution in [0.3, 0.4) is 0 Å². The van der Waals surface area contributed by atoms with E-state index < -0.39 is 5.41 Å². The molecule has 1 aromatic heterocycles. The van der Waals surface area contributed by atoms with Crippen LogP contribution in [0.1, 0.15) is 27.8 Å².